The van der Waals surface area contributed by atoms with Gasteiger partial charge in [0.15, 0.2) is 0 Å². The average molecular weight is 331 g/mol. The second-order valence-electron chi connectivity index (χ2n) is 7.36. The standard InChI is InChI=1S/C17H24F3NO2/c1-16(2,3)15(23)10-21-9-13(22)8-14(21)11-5-4-6-12(7-11)17(18,19)20/h4-7,13-15,22-23H,8-10H2,1-3H3/t13-,14-,15+/m0/s1. The maximum atomic E-state index is 12.9. The number of likely N-dealkylation sites (tertiary alicyclic amines) is 1. The van der Waals surface area contributed by atoms with E-state index in [9.17, 15) is 23.4 Å². The smallest absolute Gasteiger partial charge is 0.392 e. The third-order valence-corrected chi connectivity index (χ3v) is 4.39. The van der Waals surface area contributed by atoms with Crippen LogP contribution in [-0.2, 0) is 6.18 Å². The van der Waals surface area contributed by atoms with Crippen LogP contribution < -0.4 is 0 Å². The van der Waals surface area contributed by atoms with E-state index < -0.39 is 23.9 Å². The Hall–Kier alpha value is -1.11. The second kappa shape index (κ2) is 6.42. The molecule has 1 aromatic rings. The average Bonchev–Trinajstić information content (AvgIpc) is 2.78. The maximum absolute atomic E-state index is 12.9. The van der Waals surface area contributed by atoms with Gasteiger partial charge in [-0.1, -0.05) is 32.9 Å². The fourth-order valence-electron chi connectivity index (χ4n) is 2.85. The lowest BCUT2D eigenvalue weighted by Crippen LogP contribution is -2.39. The number of alkyl halides is 3. The van der Waals surface area contributed by atoms with Crippen LogP contribution in [0.4, 0.5) is 13.2 Å². The van der Waals surface area contributed by atoms with Crippen molar-refractivity contribution in [2.45, 2.75) is 51.6 Å². The number of halogens is 3. The minimum atomic E-state index is -4.39. The first-order valence-corrected chi connectivity index (χ1v) is 7.76. The molecule has 1 heterocycles. The van der Waals surface area contributed by atoms with E-state index in [0.29, 0.717) is 25.1 Å². The summed E-state index contributed by atoms with van der Waals surface area (Å²) in [7, 11) is 0. The summed E-state index contributed by atoms with van der Waals surface area (Å²) in [6.07, 6.45) is -5.23. The van der Waals surface area contributed by atoms with Gasteiger partial charge in [0.25, 0.3) is 0 Å². The first kappa shape index (κ1) is 18.2. The van der Waals surface area contributed by atoms with Gasteiger partial charge < -0.3 is 10.2 Å². The summed E-state index contributed by atoms with van der Waals surface area (Å²) in [5.41, 5.74) is -0.489. The quantitative estimate of drug-likeness (QED) is 0.894. The fraction of sp³-hybridized carbons (Fsp3) is 0.647. The van der Waals surface area contributed by atoms with Gasteiger partial charge in [-0.25, -0.2) is 0 Å². The van der Waals surface area contributed by atoms with E-state index in [4.69, 9.17) is 0 Å². The van der Waals surface area contributed by atoms with Gasteiger partial charge in [-0.15, -0.1) is 0 Å². The van der Waals surface area contributed by atoms with Crippen LogP contribution in [0.1, 0.15) is 44.4 Å². The predicted octanol–water partition coefficient (Wildman–Crippen LogP) is 3.22. The van der Waals surface area contributed by atoms with Crippen molar-refractivity contribution in [3.8, 4) is 0 Å². The van der Waals surface area contributed by atoms with E-state index in [1.807, 2.05) is 25.7 Å². The molecule has 2 N–H and O–H groups in total. The van der Waals surface area contributed by atoms with Crippen molar-refractivity contribution in [1.29, 1.82) is 0 Å². The van der Waals surface area contributed by atoms with Crippen LogP contribution in [0.3, 0.4) is 0 Å². The van der Waals surface area contributed by atoms with E-state index in [1.165, 1.54) is 6.07 Å². The van der Waals surface area contributed by atoms with Gasteiger partial charge >= 0.3 is 6.18 Å². The third kappa shape index (κ3) is 4.46. The van der Waals surface area contributed by atoms with Crippen LogP contribution in [0.5, 0.6) is 0 Å². The number of benzene rings is 1. The first-order chi connectivity index (χ1) is 10.5. The molecule has 3 nitrogen and oxygen atoms in total. The summed E-state index contributed by atoms with van der Waals surface area (Å²) in [6.45, 7) is 6.39. The van der Waals surface area contributed by atoms with Gasteiger partial charge in [0.1, 0.15) is 0 Å². The number of hydrogen-bond donors (Lipinski definition) is 2. The van der Waals surface area contributed by atoms with Crippen LogP contribution in [0.25, 0.3) is 0 Å². The molecule has 0 spiro atoms. The maximum Gasteiger partial charge on any atom is 0.416 e. The van der Waals surface area contributed by atoms with Gasteiger partial charge in [-0.2, -0.15) is 13.2 Å². The first-order valence-electron chi connectivity index (χ1n) is 7.76. The largest absolute Gasteiger partial charge is 0.416 e. The molecule has 1 fully saturated rings. The molecule has 130 valence electrons. The van der Waals surface area contributed by atoms with Gasteiger partial charge in [-0.05, 0) is 29.5 Å². The molecule has 0 amide bonds. The lowest BCUT2D eigenvalue weighted by molar-refractivity contribution is -0.137. The highest BCUT2D eigenvalue weighted by atomic mass is 19.4. The Morgan fingerprint density at radius 1 is 1.26 bits per heavy atom. The van der Waals surface area contributed by atoms with Crippen LogP contribution in [-0.4, -0.2) is 40.4 Å². The summed E-state index contributed by atoms with van der Waals surface area (Å²) in [6, 6.07) is 4.90. The van der Waals surface area contributed by atoms with E-state index in [1.54, 1.807) is 6.07 Å². The Morgan fingerprint density at radius 3 is 2.48 bits per heavy atom. The second-order valence-corrected chi connectivity index (χ2v) is 7.36. The van der Waals surface area contributed by atoms with Crippen LogP contribution in [0.2, 0.25) is 0 Å². The molecule has 2 rings (SSSR count). The van der Waals surface area contributed by atoms with Crippen LogP contribution >= 0.6 is 0 Å². The monoisotopic (exact) mass is 331 g/mol. The number of nitrogens with zero attached hydrogens (tertiary/aromatic N) is 1. The van der Waals surface area contributed by atoms with Gasteiger partial charge in [0, 0.05) is 19.1 Å². The number of β-amino-alcohol motifs (C(OH)–C–C–N with tert-alkyl or cyclic N) is 2. The normalized spacial score (nSPS) is 24.9. The topological polar surface area (TPSA) is 43.7 Å². The zero-order valence-corrected chi connectivity index (χ0v) is 13.6. The third-order valence-electron chi connectivity index (χ3n) is 4.39. The summed E-state index contributed by atoms with van der Waals surface area (Å²) < 4.78 is 38.7. The summed E-state index contributed by atoms with van der Waals surface area (Å²) in [4.78, 5) is 1.87. The SMILES string of the molecule is CC(C)(C)[C@H](O)CN1C[C@@H](O)C[C@H]1c1cccc(C(F)(F)F)c1. The number of aliphatic hydroxyl groups excluding tert-OH is 2. The predicted molar refractivity (Wildman–Crippen MR) is 81.8 cm³/mol. The number of rotatable bonds is 3. The summed E-state index contributed by atoms with van der Waals surface area (Å²) in [5, 5.41) is 20.2. The molecular formula is C17H24F3NO2. The Balaban J connectivity index is 2.23. The van der Waals surface area contributed by atoms with Crippen molar-refractivity contribution < 1.29 is 23.4 Å². The van der Waals surface area contributed by atoms with Crippen molar-refractivity contribution in [1.82, 2.24) is 4.90 Å². The van der Waals surface area contributed by atoms with Gasteiger partial charge in [0.05, 0.1) is 17.8 Å². The van der Waals surface area contributed by atoms with Gasteiger partial charge in [-0.3, -0.25) is 4.90 Å². The molecule has 1 aliphatic rings. The lowest BCUT2D eigenvalue weighted by Gasteiger charge is -2.33. The van der Waals surface area contributed by atoms with Gasteiger partial charge in [0.2, 0.25) is 0 Å². The molecule has 0 aromatic heterocycles. The molecule has 0 aliphatic carbocycles. The minimum Gasteiger partial charge on any atom is -0.392 e. The van der Waals surface area contributed by atoms with Crippen molar-refractivity contribution in [3.05, 3.63) is 35.4 Å². The molecular weight excluding hydrogens is 307 g/mol. The zero-order chi connectivity index (χ0) is 17.4. The molecule has 0 radical (unpaired) electrons. The number of aliphatic hydroxyl groups is 2. The Labute approximate surface area is 134 Å². The highest BCUT2D eigenvalue weighted by Gasteiger charge is 2.37. The zero-order valence-electron chi connectivity index (χ0n) is 13.6. The van der Waals surface area contributed by atoms with E-state index in [-0.39, 0.29) is 11.5 Å². The molecule has 0 unspecified atom stereocenters. The minimum absolute atomic E-state index is 0.315. The molecule has 0 saturated carbocycles. The molecule has 1 aromatic carbocycles. The fourth-order valence-corrected chi connectivity index (χ4v) is 2.85. The van der Waals surface area contributed by atoms with E-state index >= 15 is 0 Å². The molecule has 1 saturated heterocycles. The van der Waals surface area contributed by atoms with E-state index in [2.05, 4.69) is 0 Å². The molecule has 0 bridgehead atoms. The molecule has 23 heavy (non-hydrogen) atoms. The Morgan fingerprint density at radius 2 is 1.91 bits per heavy atom. The van der Waals surface area contributed by atoms with E-state index in [0.717, 1.165) is 12.1 Å². The Kier molecular flexibility index (Phi) is 5.09. The lowest BCUT2D eigenvalue weighted by atomic mass is 9.88. The summed E-state index contributed by atoms with van der Waals surface area (Å²) in [5.74, 6) is 0. The summed E-state index contributed by atoms with van der Waals surface area (Å²) >= 11 is 0. The molecule has 6 heteroatoms. The van der Waals surface area contributed by atoms with Crippen molar-refractivity contribution in [3.63, 3.8) is 0 Å². The molecule has 1 aliphatic heterocycles. The van der Waals surface area contributed by atoms with Crippen molar-refractivity contribution in [2.75, 3.05) is 13.1 Å². The highest BCUT2D eigenvalue weighted by Crippen LogP contribution is 2.37. The van der Waals surface area contributed by atoms with Crippen molar-refractivity contribution in [2.24, 2.45) is 5.41 Å². The molecule has 3 atom stereocenters. The highest BCUT2D eigenvalue weighted by molar-refractivity contribution is 5.29. The van der Waals surface area contributed by atoms with Crippen LogP contribution in [0, 0.1) is 5.41 Å². The number of hydrogen-bond acceptors (Lipinski definition) is 3. The van der Waals surface area contributed by atoms with Crippen molar-refractivity contribution >= 4 is 0 Å². The Bertz CT molecular complexity index is 539. The van der Waals surface area contributed by atoms with Crippen LogP contribution in [0.15, 0.2) is 24.3 Å².